The van der Waals surface area contributed by atoms with E-state index in [1.165, 1.54) is 0 Å². The summed E-state index contributed by atoms with van der Waals surface area (Å²) in [5.74, 6) is -0.158. The number of benzene rings is 1. The van der Waals surface area contributed by atoms with Crippen molar-refractivity contribution in [1.29, 1.82) is 0 Å². The van der Waals surface area contributed by atoms with Gasteiger partial charge in [-0.05, 0) is 30.5 Å². The highest BCUT2D eigenvalue weighted by atomic mass is 35.5. The summed E-state index contributed by atoms with van der Waals surface area (Å²) in [7, 11) is 0. The van der Waals surface area contributed by atoms with Gasteiger partial charge < -0.3 is 14.6 Å². The first-order valence-corrected chi connectivity index (χ1v) is 7.27. The Morgan fingerprint density at radius 2 is 2.05 bits per heavy atom. The molecule has 108 valence electrons. The SMILES string of the molecule is O=C(O)C1(c2ccc(OC3COC3)c(Cl)c2)CCCC1. The van der Waals surface area contributed by atoms with E-state index in [1.807, 2.05) is 6.07 Å². The van der Waals surface area contributed by atoms with Gasteiger partial charge in [0.15, 0.2) is 0 Å². The van der Waals surface area contributed by atoms with E-state index in [-0.39, 0.29) is 6.10 Å². The molecule has 1 heterocycles. The van der Waals surface area contributed by atoms with E-state index in [4.69, 9.17) is 21.1 Å². The molecule has 1 N–H and O–H groups in total. The highest BCUT2D eigenvalue weighted by Crippen LogP contribution is 2.43. The number of hydrogen-bond donors (Lipinski definition) is 1. The molecule has 1 aromatic carbocycles. The fraction of sp³-hybridized carbons (Fsp3) is 0.533. The molecule has 0 spiro atoms. The Kier molecular flexibility index (Phi) is 3.61. The minimum Gasteiger partial charge on any atom is -0.484 e. The Balaban J connectivity index is 1.86. The average molecular weight is 297 g/mol. The van der Waals surface area contributed by atoms with Crippen molar-refractivity contribution >= 4 is 17.6 Å². The van der Waals surface area contributed by atoms with Crippen LogP contribution in [-0.4, -0.2) is 30.4 Å². The second kappa shape index (κ2) is 5.26. The Bertz CT molecular complexity index is 519. The van der Waals surface area contributed by atoms with Crippen LogP contribution < -0.4 is 4.74 Å². The van der Waals surface area contributed by atoms with Crippen LogP contribution in [0, 0.1) is 0 Å². The topological polar surface area (TPSA) is 55.8 Å². The molecule has 1 aliphatic carbocycles. The number of aliphatic carboxylic acids is 1. The lowest BCUT2D eigenvalue weighted by Gasteiger charge is -2.28. The molecule has 0 aromatic heterocycles. The Hall–Kier alpha value is -1.26. The molecule has 2 aliphatic rings. The first-order valence-electron chi connectivity index (χ1n) is 6.90. The Morgan fingerprint density at radius 1 is 1.35 bits per heavy atom. The van der Waals surface area contributed by atoms with E-state index in [0.717, 1.165) is 18.4 Å². The zero-order chi connectivity index (χ0) is 14.2. The highest BCUT2D eigenvalue weighted by Gasteiger charge is 2.43. The van der Waals surface area contributed by atoms with Crippen LogP contribution in [0.1, 0.15) is 31.2 Å². The Morgan fingerprint density at radius 3 is 2.55 bits per heavy atom. The van der Waals surface area contributed by atoms with Crippen LogP contribution in [0.5, 0.6) is 5.75 Å². The molecule has 0 radical (unpaired) electrons. The van der Waals surface area contributed by atoms with E-state index in [9.17, 15) is 9.90 Å². The molecular formula is C15H17ClO4. The molecule has 20 heavy (non-hydrogen) atoms. The summed E-state index contributed by atoms with van der Waals surface area (Å²) in [6, 6.07) is 5.36. The van der Waals surface area contributed by atoms with Gasteiger partial charge in [-0.15, -0.1) is 0 Å². The molecule has 1 saturated heterocycles. The highest BCUT2D eigenvalue weighted by molar-refractivity contribution is 6.32. The van der Waals surface area contributed by atoms with Crippen LogP contribution in [0.25, 0.3) is 0 Å². The van der Waals surface area contributed by atoms with Gasteiger partial charge >= 0.3 is 5.97 Å². The van der Waals surface area contributed by atoms with Crippen molar-refractivity contribution in [3.8, 4) is 5.75 Å². The smallest absolute Gasteiger partial charge is 0.314 e. The predicted molar refractivity (Wildman–Crippen MR) is 74.5 cm³/mol. The largest absolute Gasteiger partial charge is 0.484 e. The molecule has 4 nitrogen and oxygen atoms in total. The van der Waals surface area contributed by atoms with Gasteiger partial charge in [-0.1, -0.05) is 30.5 Å². The first-order chi connectivity index (χ1) is 9.62. The van der Waals surface area contributed by atoms with Gasteiger partial charge in [0, 0.05) is 0 Å². The second-order valence-corrected chi connectivity index (χ2v) is 5.92. The average Bonchev–Trinajstić information content (AvgIpc) is 2.85. The van der Waals surface area contributed by atoms with E-state index >= 15 is 0 Å². The fourth-order valence-electron chi connectivity index (χ4n) is 2.96. The van der Waals surface area contributed by atoms with Crippen LogP contribution >= 0.6 is 11.6 Å². The van der Waals surface area contributed by atoms with E-state index in [0.29, 0.717) is 36.8 Å². The van der Waals surface area contributed by atoms with Crippen LogP contribution in [0.4, 0.5) is 0 Å². The summed E-state index contributed by atoms with van der Waals surface area (Å²) in [5, 5.41) is 10.1. The quantitative estimate of drug-likeness (QED) is 0.928. The monoisotopic (exact) mass is 296 g/mol. The predicted octanol–water partition coefficient (Wildman–Crippen LogP) is 3.01. The minimum atomic E-state index is -0.776. The van der Waals surface area contributed by atoms with Gasteiger partial charge in [-0.3, -0.25) is 4.79 Å². The third-order valence-electron chi connectivity index (χ3n) is 4.25. The number of carboxylic acid groups (broad SMARTS) is 1. The summed E-state index contributed by atoms with van der Waals surface area (Å²) in [4.78, 5) is 11.7. The zero-order valence-electron chi connectivity index (χ0n) is 11.1. The standard InChI is InChI=1S/C15H17ClO4/c16-12-7-10(15(14(17)18)5-1-2-6-15)3-4-13(12)20-11-8-19-9-11/h3-4,7,11H,1-2,5-6,8-9H2,(H,17,18). The van der Waals surface area contributed by atoms with Crippen LogP contribution in [0.3, 0.4) is 0 Å². The van der Waals surface area contributed by atoms with Crippen LogP contribution in [-0.2, 0) is 14.9 Å². The van der Waals surface area contributed by atoms with E-state index in [1.54, 1.807) is 12.1 Å². The second-order valence-electron chi connectivity index (χ2n) is 5.52. The lowest BCUT2D eigenvalue weighted by Crippen LogP contribution is -2.38. The normalized spacial score (nSPS) is 21.4. The molecule has 3 rings (SSSR count). The number of carboxylic acids is 1. The molecular weight excluding hydrogens is 280 g/mol. The van der Waals surface area contributed by atoms with Gasteiger partial charge in [-0.2, -0.15) is 0 Å². The third-order valence-corrected chi connectivity index (χ3v) is 4.55. The van der Waals surface area contributed by atoms with E-state index in [2.05, 4.69) is 0 Å². The maximum absolute atomic E-state index is 11.7. The third kappa shape index (κ3) is 2.27. The number of halogens is 1. The van der Waals surface area contributed by atoms with Gasteiger partial charge in [0.05, 0.1) is 23.7 Å². The van der Waals surface area contributed by atoms with Crippen LogP contribution in [0.15, 0.2) is 18.2 Å². The molecule has 2 fully saturated rings. The van der Waals surface area contributed by atoms with Gasteiger partial charge in [0.2, 0.25) is 0 Å². The lowest BCUT2D eigenvalue weighted by atomic mass is 9.79. The maximum atomic E-state index is 11.7. The van der Waals surface area contributed by atoms with Crippen molar-refractivity contribution in [2.24, 2.45) is 0 Å². The summed E-state index contributed by atoms with van der Waals surface area (Å²) in [6.45, 7) is 1.16. The Labute approximate surface area is 122 Å². The summed E-state index contributed by atoms with van der Waals surface area (Å²) >= 11 is 6.24. The van der Waals surface area contributed by atoms with Crippen molar-refractivity contribution in [3.05, 3.63) is 28.8 Å². The van der Waals surface area contributed by atoms with Crippen molar-refractivity contribution in [2.75, 3.05) is 13.2 Å². The molecule has 1 saturated carbocycles. The van der Waals surface area contributed by atoms with Crippen molar-refractivity contribution in [1.82, 2.24) is 0 Å². The van der Waals surface area contributed by atoms with E-state index < -0.39 is 11.4 Å². The summed E-state index contributed by atoms with van der Waals surface area (Å²) < 4.78 is 10.7. The zero-order valence-corrected chi connectivity index (χ0v) is 11.9. The summed E-state index contributed by atoms with van der Waals surface area (Å²) in [5.41, 5.74) is 0.00610. The number of carbonyl (C=O) groups is 1. The van der Waals surface area contributed by atoms with Gasteiger partial charge in [0.25, 0.3) is 0 Å². The van der Waals surface area contributed by atoms with Gasteiger partial charge in [0.1, 0.15) is 11.9 Å². The molecule has 0 unspecified atom stereocenters. The molecule has 1 aliphatic heterocycles. The van der Waals surface area contributed by atoms with Crippen molar-refractivity contribution < 1.29 is 19.4 Å². The number of hydrogen-bond acceptors (Lipinski definition) is 3. The van der Waals surface area contributed by atoms with Crippen molar-refractivity contribution in [2.45, 2.75) is 37.2 Å². The number of rotatable bonds is 4. The van der Waals surface area contributed by atoms with Crippen molar-refractivity contribution in [3.63, 3.8) is 0 Å². The molecule has 0 atom stereocenters. The molecule has 5 heteroatoms. The lowest BCUT2D eigenvalue weighted by molar-refractivity contribution is -0.143. The molecule has 0 bridgehead atoms. The maximum Gasteiger partial charge on any atom is 0.314 e. The molecule has 0 amide bonds. The van der Waals surface area contributed by atoms with Gasteiger partial charge in [-0.25, -0.2) is 0 Å². The molecule has 1 aromatic rings. The fourth-order valence-corrected chi connectivity index (χ4v) is 3.19. The van der Waals surface area contributed by atoms with Crippen LogP contribution in [0.2, 0.25) is 5.02 Å². The minimum absolute atomic E-state index is 0.0539. The first kappa shape index (κ1) is 13.7. The number of ether oxygens (including phenoxy) is 2. The summed E-state index contributed by atoms with van der Waals surface area (Å²) in [6.07, 6.45) is 3.30.